The molecule has 21 heavy (non-hydrogen) atoms. The second kappa shape index (κ2) is 4.52. The van der Waals surface area contributed by atoms with E-state index in [4.69, 9.17) is 9.73 Å². The van der Waals surface area contributed by atoms with E-state index < -0.39 is 0 Å². The Kier molecular flexibility index (Phi) is 2.74. The predicted molar refractivity (Wildman–Crippen MR) is 81.7 cm³/mol. The van der Waals surface area contributed by atoms with Gasteiger partial charge in [0.1, 0.15) is 0 Å². The molecule has 0 radical (unpaired) electrons. The van der Waals surface area contributed by atoms with Gasteiger partial charge in [-0.15, -0.1) is 0 Å². The molecule has 2 aliphatic carbocycles. The highest BCUT2D eigenvalue weighted by molar-refractivity contribution is 6.10. The second-order valence-electron chi connectivity index (χ2n) is 6.18. The number of methoxy groups -OCH3 is 1. The van der Waals surface area contributed by atoms with Crippen LogP contribution in [0.4, 0.5) is 0 Å². The molecule has 0 spiro atoms. The first-order valence-electron chi connectivity index (χ1n) is 7.49. The van der Waals surface area contributed by atoms with Gasteiger partial charge >= 0.3 is 5.97 Å². The molecule has 3 bridgehead atoms. The van der Waals surface area contributed by atoms with E-state index in [-0.39, 0.29) is 12.0 Å². The van der Waals surface area contributed by atoms with Gasteiger partial charge in [-0.2, -0.15) is 0 Å². The lowest BCUT2D eigenvalue weighted by molar-refractivity contribution is -0.136. The molecule has 0 N–H and O–H groups in total. The molecule has 0 saturated carbocycles. The number of fused-ring (bicyclic) bond motifs is 2. The maximum absolute atomic E-state index is 12.2. The summed E-state index contributed by atoms with van der Waals surface area (Å²) in [6.45, 7) is 3.00. The number of hydrogen-bond acceptors (Lipinski definition) is 4. The van der Waals surface area contributed by atoms with Gasteiger partial charge in [-0.05, 0) is 48.0 Å². The van der Waals surface area contributed by atoms with Gasteiger partial charge in [-0.3, -0.25) is 9.98 Å². The number of aliphatic imine (C=N–C) groups is 2. The van der Waals surface area contributed by atoms with Crippen molar-refractivity contribution in [1.29, 1.82) is 0 Å². The van der Waals surface area contributed by atoms with Crippen LogP contribution < -0.4 is 0 Å². The number of nitrogens with zero attached hydrogens (tertiary/aromatic N) is 2. The summed E-state index contributed by atoms with van der Waals surface area (Å²) in [5, 5.41) is 0. The second-order valence-corrected chi connectivity index (χ2v) is 6.18. The lowest BCUT2D eigenvalue weighted by Crippen LogP contribution is -2.27. The van der Waals surface area contributed by atoms with Crippen molar-refractivity contribution in [2.45, 2.75) is 25.8 Å². The van der Waals surface area contributed by atoms with E-state index >= 15 is 0 Å². The Bertz CT molecular complexity index is 679. The first-order chi connectivity index (χ1) is 10.2. The molecule has 4 nitrogen and oxygen atoms in total. The molecule has 4 heteroatoms. The number of allylic oxidation sites excluding steroid dienone is 3. The van der Waals surface area contributed by atoms with Crippen molar-refractivity contribution < 1.29 is 9.53 Å². The van der Waals surface area contributed by atoms with Crippen LogP contribution in [0.5, 0.6) is 0 Å². The number of ether oxygens (including phenoxy) is 1. The SMILES string of the molecule is COC(=O)C1=CC2=C3C4=NC/C3=C/C=N[C@@H]1C[C@H](C4)C2C. The average Bonchev–Trinajstić information content (AvgIpc) is 2.86. The fraction of sp³-hybridized carbons (Fsp3) is 0.471. The summed E-state index contributed by atoms with van der Waals surface area (Å²) in [6, 6.07) is -0.100. The molecule has 3 atom stereocenters. The Balaban J connectivity index is 1.99. The Morgan fingerprint density at radius 3 is 3.10 bits per heavy atom. The molecule has 4 aliphatic rings. The van der Waals surface area contributed by atoms with Gasteiger partial charge in [0, 0.05) is 17.5 Å². The lowest BCUT2D eigenvalue weighted by atomic mass is 9.73. The van der Waals surface area contributed by atoms with Crippen molar-refractivity contribution in [2.75, 3.05) is 13.7 Å². The maximum Gasteiger partial charge on any atom is 0.335 e. The third kappa shape index (κ3) is 1.78. The Labute approximate surface area is 124 Å². The fourth-order valence-electron chi connectivity index (χ4n) is 3.94. The van der Waals surface area contributed by atoms with Crippen LogP contribution >= 0.6 is 0 Å². The van der Waals surface area contributed by atoms with E-state index in [9.17, 15) is 4.79 Å². The first kappa shape index (κ1) is 12.7. The van der Waals surface area contributed by atoms with Gasteiger partial charge < -0.3 is 4.74 Å². The predicted octanol–water partition coefficient (Wildman–Crippen LogP) is 2.28. The van der Waals surface area contributed by atoms with Gasteiger partial charge in [-0.25, -0.2) is 4.79 Å². The zero-order valence-electron chi connectivity index (χ0n) is 12.3. The summed E-state index contributed by atoms with van der Waals surface area (Å²) < 4.78 is 4.98. The van der Waals surface area contributed by atoms with Crippen LogP contribution in [-0.2, 0) is 9.53 Å². The standard InChI is InChI=1S/C17H18N2O2/c1-9-11-5-14-13(17(20)21-2)7-12(9)16-10(3-4-18-14)8-19-15(16)6-11/h3-4,7,9,11,14H,5-6,8H2,1-2H3/b10-3-,18-4?/t9?,11-,14-/m1/s1. The molecular weight excluding hydrogens is 264 g/mol. The third-order valence-corrected chi connectivity index (χ3v) is 5.15. The highest BCUT2D eigenvalue weighted by Crippen LogP contribution is 2.45. The Hall–Kier alpha value is -1.97. The van der Waals surface area contributed by atoms with E-state index in [2.05, 4.69) is 18.0 Å². The van der Waals surface area contributed by atoms with E-state index in [0.717, 1.165) is 19.4 Å². The number of esters is 1. The topological polar surface area (TPSA) is 51.0 Å². The van der Waals surface area contributed by atoms with Crippen LogP contribution in [0.25, 0.3) is 0 Å². The van der Waals surface area contributed by atoms with Crippen LogP contribution in [-0.4, -0.2) is 37.6 Å². The summed E-state index contributed by atoms with van der Waals surface area (Å²) in [4.78, 5) is 21.5. The number of hydrogen-bond donors (Lipinski definition) is 0. The molecule has 4 rings (SSSR count). The molecule has 0 saturated heterocycles. The largest absolute Gasteiger partial charge is 0.466 e. The highest BCUT2D eigenvalue weighted by atomic mass is 16.5. The molecule has 1 unspecified atom stereocenters. The van der Waals surface area contributed by atoms with Crippen molar-refractivity contribution in [3.63, 3.8) is 0 Å². The van der Waals surface area contributed by atoms with Crippen LogP contribution in [0.3, 0.4) is 0 Å². The Morgan fingerprint density at radius 1 is 1.43 bits per heavy atom. The molecule has 108 valence electrons. The average molecular weight is 282 g/mol. The van der Waals surface area contributed by atoms with Crippen molar-refractivity contribution in [3.05, 3.63) is 34.4 Å². The van der Waals surface area contributed by atoms with Gasteiger partial charge in [0.05, 0.1) is 25.3 Å². The highest BCUT2D eigenvalue weighted by Gasteiger charge is 2.40. The molecule has 0 fully saturated rings. The third-order valence-electron chi connectivity index (χ3n) is 5.15. The summed E-state index contributed by atoms with van der Waals surface area (Å²) >= 11 is 0. The maximum atomic E-state index is 12.2. The minimum atomic E-state index is -0.259. The normalized spacial score (nSPS) is 35.3. The van der Waals surface area contributed by atoms with E-state index in [0.29, 0.717) is 17.4 Å². The quantitative estimate of drug-likeness (QED) is 0.693. The molecule has 0 amide bonds. The van der Waals surface area contributed by atoms with Crippen molar-refractivity contribution in [1.82, 2.24) is 0 Å². The number of carbonyl (C=O) groups is 1. The van der Waals surface area contributed by atoms with E-state index in [1.807, 2.05) is 12.3 Å². The smallest absolute Gasteiger partial charge is 0.335 e. The molecule has 2 heterocycles. The van der Waals surface area contributed by atoms with E-state index in [1.165, 1.54) is 29.5 Å². The zero-order valence-corrected chi connectivity index (χ0v) is 12.3. The molecular formula is C17H18N2O2. The fourth-order valence-corrected chi connectivity index (χ4v) is 3.94. The minimum Gasteiger partial charge on any atom is -0.466 e. The summed E-state index contributed by atoms with van der Waals surface area (Å²) in [6.07, 6.45) is 7.83. The molecule has 0 aromatic rings. The van der Waals surface area contributed by atoms with Gasteiger partial charge in [0.25, 0.3) is 0 Å². The molecule has 0 aromatic carbocycles. The summed E-state index contributed by atoms with van der Waals surface area (Å²) in [7, 11) is 1.44. The minimum absolute atomic E-state index is 0.100. The lowest BCUT2D eigenvalue weighted by Gasteiger charge is -2.31. The van der Waals surface area contributed by atoms with Gasteiger partial charge in [-0.1, -0.05) is 6.92 Å². The summed E-state index contributed by atoms with van der Waals surface area (Å²) in [5.74, 6) is 0.684. The van der Waals surface area contributed by atoms with Crippen LogP contribution in [0.2, 0.25) is 0 Å². The number of carbonyl (C=O) groups excluding carboxylic acids is 1. The van der Waals surface area contributed by atoms with Crippen molar-refractivity contribution in [3.8, 4) is 0 Å². The van der Waals surface area contributed by atoms with Crippen LogP contribution in [0, 0.1) is 11.8 Å². The monoisotopic (exact) mass is 282 g/mol. The number of rotatable bonds is 1. The molecule has 0 aromatic heterocycles. The first-order valence-corrected chi connectivity index (χ1v) is 7.49. The van der Waals surface area contributed by atoms with Gasteiger partial charge in [0.2, 0.25) is 0 Å². The van der Waals surface area contributed by atoms with Crippen molar-refractivity contribution >= 4 is 17.9 Å². The molecule has 2 aliphatic heterocycles. The Morgan fingerprint density at radius 2 is 2.29 bits per heavy atom. The van der Waals surface area contributed by atoms with Gasteiger partial charge in [0.15, 0.2) is 0 Å². The van der Waals surface area contributed by atoms with Crippen molar-refractivity contribution in [2.24, 2.45) is 21.8 Å². The summed E-state index contributed by atoms with van der Waals surface area (Å²) in [5.41, 5.74) is 5.65. The van der Waals surface area contributed by atoms with E-state index in [1.54, 1.807) is 0 Å². The zero-order chi connectivity index (χ0) is 14.6. The van der Waals surface area contributed by atoms with Crippen LogP contribution in [0.1, 0.15) is 19.8 Å². The van der Waals surface area contributed by atoms with Crippen LogP contribution in [0.15, 0.2) is 44.4 Å².